The van der Waals surface area contributed by atoms with Crippen molar-refractivity contribution in [3.05, 3.63) is 60.8 Å². The summed E-state index contributed by atoms with van der Waals surface area (Å²) in [4.78, 5) is 38.4. The summed E-state index contributed by atoms with van der Waals surface area (Å²) in [6.45, 7) is 6.65. The largest absolute Gasteiger partial charge is 0.462 e. The lowest BCUT2D eigenvalue weighted by atomic mass is 10.0. The second-order valence-electron chi connectivity index (χ2n) is 23.1. The molecule has 6 nitrogen and oxygen atoms in total. The van der Waals surface area contributed by atoms with Gasteiger partial charge in [0.2, 0.25) is 0 Å². The normalized spacial score (nSPS) is 12.4. The highest BCUT2D eigenvalue weighted by Crippen LogP contribution is 2.17. The Morgan fingerprint density at radius 3 is 0.731 bits per heavy atom. The van der Waals surface area contributed by atoms with Gasteiger partial charge in [0.05, 0.1) is 0 Å². The molecule has 0 heterocycles. The van der Waals surface area contributed by atoms with Crippen LogP contribution in [0.4, 0.5) is 0 Å². The van der Waals surface area contributed by atoms with Crippen LogP contribution in [0.1, 0.15) is 361 Å². The van der Waals surface area contributed by atoms with Crippen LogP contribution in [0.15, 0.2) is 60.8 Å². The van der Waals surface area contributed by atoms with Crippen LogP contribution in [0.5, 0.6) is 0 Å². The molecule has 0 saturated carbocycles. The first-order chi connectivity index (χ1) is 38.5. The number of ether oxygens (including phenoxy) is 3. The summed E-state index contributed by atoms with van der Waals surface area (Å²) in [6, 6.07) is 0. The highest BCUT2D eigenvalue weighted by molar-refractivity contribution is 5.71. The van der Waals surface area contributed by atoms with Crippen molar-refractivity contribution in [2.75, 3.05) is 13.2 Å². The molecule has 0 aliphatic carbocycles. The summed E-state index contributed by atoms with van der Waals surface area (Å²) in [6.07, 6.45) is 85.2. The maximum absolute atomic E-state index is 12.9. The number of rotatable bonds is 63. The van der Waals surface area contributed by atoms with Gasteiger partial charge in [-0.2, -0.15) is 0 Å². The Kier molecular flexibility index (Phi) is 64.2. The maximum Gasteiger partial charge on any atom is 0.306 e. The van der Waals surface area contributed by atoms with Gasteiger partial charge in [-0.15, -0.1) is 0 Å². The number of hydrogen-bond donors (Lipinski definition) is 0. The molecule has 0 amide bonds. The summed E-state index contributed by atoms with van der Waals surface area (Å²) < 4.78 is 17.0. The first-order valence-corrected chi connectivity index (χ1v) is 34.3. The second kappa shape index (κ2) is 66.6. The molecule has 6 heteroatoms. The monoisotopic (exact) mass is 1090 g/mol. The fourth-order valence-electron chi connectivity index (χ4n) is 10.0. The molecule has 0 N–H and O–H groups in total. The summed E-state index contributed by atoms with van der Waals surface area (Å²) in [7, 11) is 0. The Balaban J connectivity index is 4.28. The van der Waals surface area contributed by atoms with Crippen LogP contribution in [-0.4, -0.2) is 37.2 Å². The van der Waals surface area contributed by atoms with E-state index in [1.54, 1.807) is 0 Å². The average Bonchev–Trinajstić information content (AvgIpc) is 3.44. The summed E-state index contributed by atoms with van der Waals surface area (Å²) >= 11 is 0. The predicted octanol–water partition coefficient (Wildman–Crippen LogP) is 23.5. The zero-order chi connectivity index (χ0) is 56.4. The van der Waals surface area contributed by atoms with E-state index in [0.717, 1.165) is 83.5 Å². The Labute approximate surface area is 485 Å². The summed E-state index contributed by atoms with van der Waals surface area (Å²) in [5, 5.41) is 0. The summed E-state index contributed by atoms with van der Waals surface area (Å²) in [5.74, 6) is -0.874. The third kappa shape index (κ3) is 63.9. The van der Waals surface area contributed by atoms with Crippen LogP contribution in [0.2, 0.25) is 0 Å². The molecule has 0 radical (unpaired) electrons. The first-order valence-electron chi connectivity index (χ1n) is 34.3. The van der Waals surface area contributed by atoms with E-state index in [4.69, 9.17) is 14.2 Å². The lowest BCUT2D eigenvalue weighted by Crippen LogP contribution is -2.30. The van der Waals surface area contributed by atoms with Gasteiger partial charge in [0, 0.05) is 19.3 Å². The van der Waals surface area contributed by atoms with E-state index >= 15 is 0 Å². The smallest absolute Gasteiger partial charge is 0.306 e. The summed E-state index contributed by atoms with van der Waals surface area (Å²) in [5.41, 5.74) is 0. The molecule has 0 bridgehead atoms. The molecular weight excluding hydrogens is 961 g/mol. The number of carbonyl (C=O) groups is 3. The molecule has 0 aromatic rings. The molecule has 454 valence electrons. The van der Waals surface area contributed by atoms with Crippen molar-refractivity contribution >= 4 is 17.9 Å². The van der Waals surface area contributed by atoms with Crippen LogP contribution < -0.4 is 0 Å². The molecule has 0 aliphatic heterocycles. The number of unbranched alkanes of at least 4 members (excludes halogenated alkanes) is 42. The minimum Gasteiger partial charge on any atom is -0.462 e. The van der Waals surface area contributed by atoms with Gasteiger partial charge in [0.25, 0.3) is 0 Å². The number of allylic oxidation sites excluding steroid dienone is 10. The van der Waals surface area contributed by atoms with Crippen LogP contribution in [-0.2, 0) is 28.6 Å². The van der Waals surface area contributed by atoms with Crippen molar-refractivity contribution < 1.29 is 28.6 Å². The number of carbonyl (C=O) groups excluding carboxylic acids is 3. The number of hydrogen-bond acceptors (Lipinski definition) is 6. The average molecular weight is 1090 g/mol. The van der Waals surface area contributed by atoms with Crippen molar-refractivity contribution in [1.29, 1.82) is 0 Å². The zero-order valence-electron chi connectivity index (χ0n) is 52.2. The SMILES string of the molecule is CCCCCC/C=C\C/C=C\CCCCCCCCCC(=O)OC(COC(=O)CCCCCCC/C=C\CCCCCCCC)COC(=O)CCCCCCCCCCCCCCCCC/C=C\C/C=C\CCCCCCC. The van der Waals surface area contributed by atoms with Gasteiger partial charge in [-0.25, -0.2) is 0 Å². The van der Waals surface area contributed by atoms with Crippen LogP contribution in [0.25, 0.3) is 0 Å². The first kappa shape index (κ1) is 75.1. The van der Waals surface area contributed by atoms with E-state index in [1.165, 1.54) is 238 Å². The fraction of sp³-hybridized carbons (Fsp3) is 0.819. The standard InChI is InChI=1S/C72H130O6/c1-4-7-10-13-16-19-22-25-28-30-32-33-34-35-36-37-38-39-40-42-44-47-50-53-56-59-62-65-71(74)77-68-69(67-76-70(73)64-61-58-55-52-49-46-43-27-24-21-18-15-12-9-6-3)78-72(75)66-63-60-57-54-51-48-45-41-31-29-26-23-20-17-14-11-8-5-2/h20,22-23,25,27,29-32,43,69H,4-19,21,24,26,28,33-42,44-68H2,1-3H3/b23-20-,25-22-,31-29-,32-30-,43-27-. The highest BCUT2D eigenvalue weighted by Gasteiger charge is 2.19. The third-order valence-corrected chi connectivity index (χ3v) is 15.2. The molecular formula is C72H130O6. The van der Waals surface area contributed by atoms with E-state index in [0.29, 0.717) is 19.3 Å². The fourth-order valence-corrected chi connectivity index (χ4v) is 10.0. The minimum absolute atomic E-state index is 0.0775. The molecule has 0 aromatic carbocycles. The van der Waals surface area contributed by atoms with E-state index in [-0.39, 0.29) is 31.1 Å². The molecule has 0 aliphatic rings. The molecule has 0 aromatic heterocycles. The number of esters is 3. The molecule has 0 spiro atoms. The topological polar surface area (TPSA) is 78.9 Å². The van der Waals surface area contributed by atoms with E-state index < -0.39 is 6.10 Å². The Morgan fingerprint density at radius 1 is 0.256 bits per heavy atom. The molecule has 0 saturated heterocycles. The molecule has 0 rings (SSSR count). The Hall–Kier alpha value is -2.89. The molecule has 1 atom stereocenters. The maximum atomic E-state index is 12.9. The van der Waals surface area contributed by atoms with Crippen LogP contribution in [0.3, 0.4) is 0 Å². The van der Waals surface area contributed by atoms with Crippen molar-refractivity contribution in [2.45, 2.75) is 367 Å². The van der Waals surface area contributed by atoms with E-state index in [1.807, 2.05) is 0 Å². The van der Waals surface area contributed by atoms with Gasteiger partial charge in [-0.05, 0) is 109 Å². The van der Waals surface area contributed by atoms with Gasteiger partial charge in [0.15, 0.2) is 6.10 Å². The van der Waals surface area contributed by atoms with Gasteiger partial charge in [0.1, 0.15) is 13.2 Å². The Bertz CT molecular complexity index is 1390. The van der Waals surface area contributed by atoms with Gasteiger partial charge in [-0.3, -0.25) is 14.4 Å². The predicted molar refractivity (Wildman–Crippen MR) is 339 cm³/mol. The lowest BCUT2D eigenvalue weighted by molar-refractivity contribution is -0.167. The van der Waals surface area contributed by atoms with E-state index in [9.17, 15) is 14.4 Å². The minimum atomic E-state index is -0.782. The van der Waals surface area contributed by atoms with Gasteiger partial charge in [-0.1, -0.05) is 293 Å². The van der Waals surface area contributed by atoms with Crippen molar-refractivity contribution in [3.63, 3.8) is 0 Å². The molecule has 0 fully saturated rings. The van der Waals surface area contributed by atoms with Crippen LogP contribution >= 0.6 is 0 Å². The second-order valence-corrected chi connectivity index (χ2v) is 23.1. The van der Waals surface area contributed by atoms with Crippen molar-refractivity contribution in [3.8, 4) is 0 Å². The van der Waals surface area contributed by atoms with Crippen molar-refractivity contribution in [2.24, 2.45) is 0 Å². The van der Waals surface area contributed by atoms with Crippen LogP contribution in [0, 0.1) is 0 Å². The van der Waals surface area contributed by atoms with Gasteiger partial charge < -0.3 is 14.2 Å². The third-order valence-electron chi connectivity index (χ3n) is 15.2. The van der Waals surface area contributed by atoms with Gasteiger partial charge >= 0.3 is 17.9 Å². The Morgan fingerprint density at radius 2 is 0.462 bits per heavy atom. The van der Waals surface area contributed by atoms with E-state index in [2.05, 4.69) is 81.5 Å². The quantitative estimate of drug-likeness (QED) is 0.0261. The highest BCUT2D eigenvalue weighted by atomic mass is 16.6. The molecule has 78 heavy (non-hydrogen) atoms. The zero-order valence-corrected chi connectivity index (χ0v) is 52.2. The van der Waals surface area contributed by atoms with Crippen molar-refractivity contribution in [1.82, 2.24) is 0 Å². The molecule has 1 unspecified atom stereocenters. The lowest BCUT2D eigenvalue weighted by Gasteiger charge is -2.18.